The maximum Gasteiger partial charge on any atom is 0.317 e. The van der Waals surface area contributed by atoms with Crippen LogP contribution in [-0.4, -0.2) is 54.0 Å². The summed E-state index contributed by atoms with van der Waals surface area (Å²) >= 11 is 0. The van der Waals surface area contributed by atoms with Gasteiger partial charge in [0, 0.05) is 45.3 Å². The average Bonchev–Trinajstić information content (AvgIpc) is 2.55. The summed E-state index contributed by atoms with van der Waals surface area (Å²) in [6, 6.07) is 5.72. The molecule has 1 saturated heterocycles. The van der Waals surface area contributed by atoms with Gasteiger partial charge in [0.15, 0.2) is 0 Å². The maximum absolute atomic E-state index is 12.1. The largest absolute Gasteiger partial charge is 0.370 e. The van der Waals surface area contributed by atoms with E-state index in [9.17, 15) is 9.59 Å². The number of nitrogens with zero attached hydrogens (tertiary/aromatic N) is 2. The Morgan fingerprint density at radius 1 is 1.35 bits per heavy atom. The Kier molecular flexibility index (Phi) is 6.65. The van der Waals surface area contributed by atoms with E-state index < -0.39 is 0 Å². The van der Waals surface area contributed by atoms with Gasteiger partial charge in [-0.15, -0.1) is 0 Å². The van der Waals surface area contributed by atoms with Crippen LogP contribution in [0.3, 0.4) is 0 Å². The number of hydrogen-bond acceptors (Lipinski definition) is 4. The number of aromatic nitrogens is 1. The van der Waals surface area contributed by atoms with Crippen molar-refractivity contribution < 1.29 is 9.59 Å². The van der Waals surface area contributed by atoms with Gasteiger partial charge in [0.05, 0.1) is 0 Å². The van der Waals surface area contributed by atoms with Crippen LogP contribution in [0, 0.1) is 0 Å². The van der Waals surface area contributed by atoms with E-state index in [1.807, 2.05) is 18.2 Å². The molecule has 1 fully saturated rings. The topological polar surface area (TPSA) is 86.4 Å². The highest BCUT2D eigenvalue weighted by molar-refractivity contribution is 5.75. The quantitative estimate of drug-likeness (QED) is 0.688. The second-order valence-electron chi connectivity index (χ2n) is 5.71. The second kappa shape index (κ2) is 8.97. The van der Waals surface area contributed by atoms with Crippen LogP contribution in [0.15, 0.2) is 24.4 Å². The molecule has 1 aromatic rings. The monoisotopic (exact) mass is 319 g/mol. The van der Waals surface area contributed by atoms with Crippen molar-refractivity contribution in [3.05, 3.63) is 24.4 Å². The van der Waals surface area contributed by atoms with E-state index in [1.54, 1.807) is 11.1 Å². The summed E-state index contributed by atoms with van der Waals surface area (Å²) in [4.78, 5) is 29.2. The van der Waals surface area contributed by atoms with Gasteiger partial charge in [-0.3, -0.25) is 4.79 Å². The summed E-state index contributed by atoms with van der Waals surface area (Å²) in [6.07, 6.45) is 4.41. The first kappa shape index (κ1) is 17.1. The normalized spacial score (nSPS) is 17.4. The molecule has 0 radical (unpaired) electrons. The first-order valence-electron chi connectivity index (χ1n) is 8.10. The number of amides is 3. The molecule has 0 bridgehead atoms. The highest BCUT2D eigenvalue weighted by Crippen LogP contribution is 2.10. The number of anilines is 1. The highest BCUT2D eigenvalue weighted by Gasteiger charge is 2.23. The Morgan fingerprint density at radius 3 is 2.96 bits per heavy atom. The third kappa shape index (κ3) is 6.14. The zero-order valence-corrected chi connectivity index (χ0v) is 13.5. The fraction of sp³-hybridized carbons (Fsp3) is 0.562. The third-order valence-corrected chi connectivity index (χ3v) is 3.72. The smallest absolute Gasteiger partial charge is 0.317 e. The summed E-state index contributed by atoms with van der Waals surface area (Å²) in [6.45, 7) is 4.20. The van der Waals surface area contributed by atoms with Crippen LogP contribution in [0.1, 0.15) is 26.2 Å². The highest BCUT2D eigenvalue weighted by atomic mass is 16.2. The van der Waals surface area contributed by atoms with Gasteiger partial charge in [-0.1, -0.05) is 6.07 Å². The second-order valence-corrected chi connectivity index (χ2v) is 5.71. The molecule has 1 aliphatic rings. The minimum Gasteiger partial charge on any atom is -0.370 e. The van der Waals surface area contributed by atoms with Gasteiger partial charge in [0.25, 0.3) is 0 Å². The molecule has 3 amide bonds. The molecule has 3 N–H and O–H groups in total. The van der Waals surface area contributed by atoms with Crippen LogP contribution in [0.25, 0.3) is 0 Å². The zero-order valence-electron chi connectivity index (χ0n) is 13.5. The lowest BCUT2D eigenvalue weighted by molar-refractivity contribution is -0.119. The molecule has 2 heterocycles. The van der Waals surface area contributed by atoms with E-state index in [2.05, 4.69) is 20.9 Å². The van der Waals surface area contributed by atoms with Crippen molar-refractivity contribution in [1.29, 1.82) is 0 Å². The Balaban J connectivity index is 1.61. The van der Waals surface area contributed by atoms with Gasteiger partial charge in [-0.25, -0.2) is 9.78 Å². The van der Waals surface area contributed by atoms with Crippen LogP contribution in [-0.2, 0) is 4.79 Å². The lowest BCUT2D eigenvalue weighted by Gasteiger charge is -2.33. The number of carbonyl (C=O) groups excluding carboxylic acids is 2. The molecule has 2 rings (SSSR count). The van der Waals surface area contributed by atoms with Gasteiger partial charge in [0.2, 0.25) is 5.91 Å². The molecule has 0 aromatic carbocycles. The molecule has 23 heavy (non-hydrogen) atoms. The summed E-state index contributed by atoms with van der Waals surface area (Å²) in [7, 11) is 0. The molecule has 0 aliphatic carbocycles. The van der Waals surface area contributed by atoms with Crippen molar-refractivity contribution in [2.45, 2.75) is 32.2 Å². The molecule has 1 aromatic heterocycles. The van der Waals surface area contributed by atoms with Crippen molar-refractivity contribution in [3.8, 4) is 0 Å². The van der Waals surface area contributed by atoms with E-state index in [0.717, 1.165) is 38.2 Å². The number of carbonyl (C=O) groups is 2. The van der Waals surface area contributed by atoms with Crippen molar-refractivity contribution in [1.82, 2.24) is 20.5 Å². The van der Waals surface area contributed by atoms with Crippen molar-refractivity contribution >= 4 is 17.8 Å². The van der Waals surface area contributed by atoms with Crippen LogP contribution in [0.4, 0.5) is 10.6 Å². The molecule has 0 spiro atoms. The first-order chi connectivity index (χ1) is 11.1. The lowest BCUT2D eigenvalue weighted by Crippen LogP contribution is -2.52. The van der Waals surface area contributed by atoms with Crippen molar-refractivity contribution in [3.63, 3.8) is 0 Å². The average molecular weight is 319 g/mol. The van der Waals surface area contributed by atoms with Gasteiger partial charge in [0.1, 0.15) is 5.82 Å². The number of likely N-dealkylation sites (tertiary alicyclic amines) is 1. The fourth-order valence-electron chi connectivity index (χ4n) is 2.65. The van der Waals surface area contributed by atoms with Gasteiger partial charge >= 0.3 is 6.03 Å². The Labute approximate surface area is 136 Å². The zero-order chi connectivity index (χ0) is 16.5. The van der Waals surface area contributed by atoms with E-state index >= 15 is 0 Å². The van der Waals surface area contributed by atoms with E-state index in [-0.39, 0.29) is 18.0 Å². The van der Waals surface area contributed by atoms with Crippen LogP contribution in [0.5, 0.6) is 0 Å². The number of nitrogens with one attached hydrogen (secondary N) is 3. The van der Waals surface area contributed by atoms with Gasteiger partial charge < -0.3 is 20.9 Å². The molecule has 7 nitrogen and oxygen atoms in total. The Bertz CT molecular complexity index is 508. The van der Waals surface area contributed by atoms with Crippen molar-refractivity contribution in [2.24, 2.45) is 0 Å². The van der Waals surface area contributed by atoms with Crippen LogP contribution < -0.4 is 16.0 Å². The minimum absolute atomic E-state index is 0.0437. The minimum atomic E-state index is -0.0575. The SMILES string of the molecule is CC(=O)N[C@@H]1CCCN(C(=O)NCCCNc2ccccn2)C1. The van der Waals surface area contributed by atoms with Crippen LogP contribution in [0.2, 0.25) is 0 Å². The molecular formula is C16H25N5O2. The van der Waals surface area contributed by atoms with E-state index in [0.29, 0.717) is 13.1 Å². The van der Waals surface area contributed by atoms with Crippen LogP contribution >= 0.6 is 0 Å². The summed E-state index contributed by atoms with van der Waals surface area (Å²) in [5, 5.41) is 9.01. The Hall–Kier alpha value is -2.31. The number of rotatable bonds is 6. The lowest BCUT2D eigenvalue weighted by atomic mass is 10.1. The summed E-state index contributed by atoms with van der Waals surface area (Å²) in [5.41, 5.74) is 0. The number of piperidine rings is 1. The number of urea groups is 1. The van der Waals surface area contributed by atoms with Crippen molar-refractivity contribution in [2.75, 3.05) is 31.5 Å². The van der Waals surface area contributed by atoms with E-state index in [1.165, 1.54) is 6.92 Å². The third-order valence-electron chi connectivity index (χ3n) is 3.72. The van der Waals surface area contributed by atoms with E-state index in [4.69, 9.17) is 0 Å². The molecular weight excluding hydrogens is 294 g/mol. The number of hydrogen-bond donors (Lipinski definition) is 3. The predicted molar refractivity (Wildman–Crippen MR) is 89.2 cm³/mol. The molecule has 0 unspecified atom stereocenters. The molecule has 126 valence electrons. The molecule has 1 atom stereocenters. The Morgan fingerprint density at radius 2 is 2.22 bits per heavy atom. The maximum atomic E-state index is 12.1. The van der Waals surface area contributed by atoms with Gasteiger partial charge in [-0.2, -0.15) is 0 Å². The predicted octanol–water partition coefficient (Wildman–Crippen LogP) is 1.19. The van der Waals surface area contributed by atoms with Gasteiger partial charge in [-0.05, 0) is 31.4 Å². The first-order valence-corrected chi connectivity index (χ1v) is 8.10. The molecule has 1 aliphatic heterocycles. The summed E-state index contributed by atoms with van der Waals surface area (Å²) < 4.78 is 0. The summed E-state index contributed by atoms with van der Waals surface area (Å²) in [5.74, 6) is 0.797. The standard InChI is InChI=1S/C16H25N5O2/c1-13(22)20-14-6-4-11-21(12-14)16(23)19-10-5-9-18-15-7-2-3-8-17-15/h2-3,7-8,14H,4-6,9-12H2,1H3,(H,17,18)(H,19,23)(H,20,22)/t14-/m1/s1. The fourth-order valence-corrected chi connectivity index (χ4v) is 2.65. The molecule has 0 saturated carbocycles. The molecule has 7 heteroatoms. The number of pyridine rings is 1.